The van der Waals surface area contributed by atoms with Gasteiger partial charge in [-0.15, -0.1) is 0 Å². The van der Waals surface area contributed by atoms with Crippen molar-refractivity contribution in [2.75, 3.05) is 0 Å². The third kappa shape index (κ3) is 4.56. The molecule has 7 aromatic rings. The number of nitrogens with one attached hydrogen (secondary N) is 1. The van der Waals surface area contributed by atoms with E-state index >= 15 is 0 Å². The second-order valence-corrected chi connectivity index (χ2v) is 13.5. The summed E-state index contributed by atoms with van der Waals surface area (Å²) in [4.78, 5) is 8.71. The third-order valence-corrected chi connectivity index (χ3v) is 8.41. The molecular weight excluding hydrogens is 528 g/mol. The maximum atomic E-state index is 10.5. The van der Waals surface area contributed by atoms with Crippen LogP contribution in [0.15, 0.2) is 97.1 Å². The Morgan fingerprint density at radius 2 is 1.37 bits per heavy atom. The van der Waals surface area contributed by atoms with Gasteiger partial charge in [-0.25, -0.2) is 9.67 Å². The van der Waals surface area contributed by atoms with Gasteiger partial charge in [-0.1, -0.05) is 84.0 Å². The summed E-state index contributed by atoms with van der Waals surface area (Å²) in [5.41, 5.74) is 9.11. The number of hydrogen-bond acceptors (Lipinski definition) is 3. The first-order chi connectivity index (χ1) is 20.5. The summed E-state index contributed by atoms with van der Waals surface area (Å²) in [6, 6.07) is 32.9. The number of phenols is 1. The van der Waals surface area contributed by atoms with Crippen LogP contribution in [0.3, 0.4) is 0 Å². The predicted octanol–water partition coefficient (Wildman–Crippen LogP) is 9.69. The number of aromatic hydroxyl groups is 1. The van der Waals surface area contributed by atoms with Crippen LogP contribution in [0.5, 0.6) is 5.75 Å². The highest BCUT2D eigenvalue weighted by molar-refractivity contribution is 6.14. The van der Waals surface area contributed by atoms with Crippen LogP contribution in [-0.2, 0) is 10.8 Å². The summed E-state index contributed by atoms with van der Waals surface area (Å²) < 4.78 is 1.92. The number of hydrogen-bond donors (Lipinski definition) is 2. The minimum Gasteiger partial charge on any atom is -0.507 e. The molecule has 0 aliphatic rings. The van der Waals surface area contributed by atoms with Crippen LogP contribution in [-0.4, -0.2) is 24.9 Å². The van der Waals surface area contributed by atoms with Crippen molar-refractivity contribution >= 4 is 32.7 Å². The lowest BCUT2D eigenvalue weighted by molar-refractivity contribution is 0.477. The Balaban J connectivity index is 1.50. The summed E-state index contributed by atoms with van der Waals surface area (Å²) in [5, 5.41) is 19.3. The lowest BCUT2D eigenvalue weighted by Gasteiger charge is -2.21. The number of para-hydroxylation sites is 2. The standard InChI is InChI=1S/C38H36N4O/c1-37(2,3)23-18-19-31-27(20-23)28-21-24(38(4,5)6)22-29(35(28)40-31)36-26-13-7-9-15-32(26)42(41-36)34-17-11-14-30(39-34)25-12-8-10-16-33(25)43/h7-22,40,43H,1-6H3. The van der Waals surface area contributed by atoms with E-state index in [-0.39, 0.29) is 16.6 Å². The molecule has 0 amide bonds. The van der Waals surface area contributed by atoms with Gasteiger partial charge in [0.05, 0.1) is 16.7 Å². The SMILES string of the molecule is CC(C)(C)c1ccc2[nH]c3c(-c4nn(-c5cccc(-c6ccccc6O)n5)c5ccccc45)cc(C(C)(C)C)cc3c2c1. The molecule has 0 radical (unpaired) electrons. The fraction of sp³-hybridized carbons (Fsp3) is 0.211. The van der Waals surface area contributed by atoms with Crippen LogP contribution in [0, 0.1) is 0 Å². The zero-order chi connectivity index (χ0) is 30.1. The van der Waals surface area contributed by atoms with Crippen LogP contribution >= 0.6 is 0 Å². The molecule has 0 aliphatic heterocycles. The maximum absolute atomic E-state index is 10.5. The first-order valence-electron chi connectivity index (χ1n) is 14.8. The van der Waals surface area contributed by atoms with Gasteiger partial charge in [0.2, 0.25) is 0 Å². The Hall–Kier alpha value is -4.90. The van der Waals surface area contributed by atoms with E-state index in [0.29, 0.717) is 17.1 Å². The van der Waals surface area contributed by atoms with Crippen molar-refractivity contribution in [3.05, 3.63) is 108 Å². The lowest BCUT2D eigenvalue weighted by Crippen LogP contribution is -2.11. The first-order valence-corrected chi connectivity index (χ1v) is 14.8. The van der Waals surface area contributed by atoms with Crippen molar-refractivity contribution in [2.45, 2.75) is 52.4 Å². The number of pyridine rings is 1. The lowest BCUT2D eigenvalue weighted by atomic mass is 9.83. The van der Waals surface area contributed by atoms with Crippen LogP contribution in [0.25, 0.3) is 61.0 Å². The molecule has 2 N–H and O–H groups in total. The Kier molecular flexibility index (Phi) is 6.00. The summed E-state index contributed by atoms with van der Waals surface area (Å²) in [6.07, 6.45) is 0. The highest BCUT2D eigenvalue weighted by Gasteiger charge is 2.24. The minimum absolute atomic E-state index is 0.0509. The first kappa shape index (κ1) is 27.0. The monoisotopic (exact) mass is 564 g/mol. The second kappa shape index (κ2) is 9.56. The van der Waals surface area contributed by atoms with Gasteiger partial charge < -0.3 is 10.1 Å². The van der Waals surface area contributed by atoms with Gasteiger partial charge in [0.15, 0.2) is 5.82 Å². The molecule has 4 aromatic carbocycles. The normalized spacial score (nSPS) is 12.5. The van der Waals surface area contributed by atoms with Crippen LogP contribution in [0.1, 0.15) is 52.7 Å². The molecule has 43 heavy (non-hydrogen) atoms. The molecule has 7 rings (SSSR count). The Morgan fingerprint density at radius 3 is 2.14 bits per heavy atom. The Morgan fingerprint density at radius 1 is 0.651 bits per heavy atom. The van der Waals surface area contributed by atoms with E-state index < -0.39 is 0 Å². The minimum atomic E-state index is -0.0554. The van der Waals surface area contributed by atoms with E-state index in [2.05, 4.69) is 95.1 Å². The van der Waals surface area contributed by atoms with Crippen molar-refractivity contribution in [3.63, 3.8) is 0 Å². The average molecular weight is 565 g/mol. The van der Waals surface area contributed by atoms with Crippen LogP contribution < -0.4 is 0 Å². The maximum Gasteiger partial charge on any atom is 0.154 e. The van der Waals surface area contributed by atoms with Crippen molar-refractivity contribution in [1.29, 1.82) is 0 Å². The highest BCUT2D eigenvalue weighted by Crippen LogP contribution is 2.41. The van der Waals surface area contributed by atoms with E-state index in [0.717, 1.165) is 33.2 Å². The smallest absolute Gasteiger partial charge is 0.154 e. The molecule has 5 nitrogen and oxygen atoms in total. The van der Waals surface area contributed by atoms with Gasteiger partial charge in [-0.3, -0.25) is 0 Å². The molecule has 0 saturated heterocycles. The van der Waals surface area contributed by atoms with Crippen molar-refractivity contribution < 1.29 is 5.11 Å². The molecule has 3 aromatic heterocycles. The van der Waals surface area contributed by atoms with Gasteiger partial charge in [0.25, 0.3) is 0 Å². The van der Waals surface area contributed by atoms with E-state index in [9.17, 15) is 5.11 Å². The number of H-pyrrole nitrogens is 1. The molecular formula is C38H36N4O. The molecule has 3 heterocycles. The van der Waals surface area contributed by atoms with Crippen molar-refractivity contribution in [1.82, 2.24) is 19.7 Å². The quantitative estimate of drug-likeness (QED) is 0.224. The highest BCUT2D eigenvalue weighted by atomic mass is 16.3. The van der Waals surface area contributed by atoms with Crippen LogP contribution in [0.2, 0.25) is 0 Å². The number of phenolic OH excluding ortho intramolecular Hbond substituents is 1. The van der Waals surface area contributed by atoms with Gasteiger partial charge in [-0.2, -0.15) is 5.10 Å². The molecule has 0 unspecified atom stereocenters. The summed E-state index contributed by atoms with van der Waals surface area (Å²) in [5.74, 6) is 0.894. The predicted molar refractivity (Wildman–Crippen MR) is 178 cm³/mol. The molecule has 214 valence electrons. The van der Waals surface area contributed by atoms with Gasteiger partial charge in [0.1, 0.15) is 11.4 Å². The number of aromatic amines is 1. The van der Waals surface area contributed by atoms with Crippen molar-refractivity contribution in [3.8, 4) is 34.1 Å². The summed E-state index contributed by atoms with van der Waals surface area (Å²) in [6.45, 7) is 13.6. The van der Waals surface area contributed by atoms with Gasteiger partial charge in [-0.05, 0) is 76.6 Å². The number of rotatable bonds is 3. The van der Waals surface area contributed by atoms with E-state index in [1.54, 1.807) is 6.07 Å². The number of aromatic nitrogens is 4. The van der Waals surface area contributed by atoms with E-state index in [1.165, 1.54) is 21.9 Å². The average Bonchev–Trinajstić information content (AvgIpc) is 3.55. The summed E-state index contributed by atoms with van der Waals surface area (Å²) in [7, 11) is 0. The molecule has 0 spiro atoms. The molecule has 0 saturated carbocycles. The fourth-order valence-corrected chi connectivity index (χ4v) is 5.91. The van der Waals surface area contributed by atoms with Gasteiger partial charge >= 0.3 is 0 Å². The Labute approximate surface area is 251 Å². The van der Waals surface area contributed by atoms with Crippen molar-refractivity contribution in [2.24, 2.45) is 0 Å². The molecule has 0 bridgehead atoms. The fourth-order valence-electron chi connectivity index (χ4n) is 5.91. The topological polar surface area (TPSA) is 66.7 Å². The number of fused-ring (bicyclic) bond motifs is 4. The molecule has 0 fully saturated rings. The zero-order valence-electron chi connectivity index (χ0n) is 25.5. The zero-order valence-corrected chi connectivity index (χ0v) is 25.5. The van der Waals surface area contributed by atoms with E-state index in [4.69, 9.17) is 10.1 Å². The molecule has 0 aliphatic carbocycles. The number of benzene rings is 4. The van der Waals surface area contributed by atoms with Gasteiger partial charge in [0, 0.05) is 32.8 Å². The molecule has 5 heteroatoms. The summed E-state index contributed by atoms with van der Waals surface area (Å²) >= 11 is 0. The number of nitrogens with zero attached hydrogens (tertiary/aromatic N) is 3. The second-order valence-electron chi connectivity index (χ2n) is 13.5. The van der Waals surface area contributed by atoms with E-state index in [1.807, 2.05) is 47.1 Å². The van der Waals surface area contributed by atoms with Crippen LogP contribution in [0.4, 0.5) is 0 Å². The largest absolute Gasteiger partial charge is 0.507 e. The Bertz CT molecular complexity index is 2170. The third-order valence-electron chi connectivity index (χ3n) is 8.41. The molecule has 0 atom stereocenters.